The van der Waals surface area contributed by atoms with E-state index in [2.05, 4.69) is 4.74 Å². The summed E-state index contributed by atoms with van der Waals surface area (Å²) < 4.78 is 164. The van der Waals surface area contributed by atoms with Gasteiger partial charge < -0.3 is 9.47 Å². The number of hydrogen-bond donors (Lipinski definition) is 0. The van der Waals surface area contributed by atoms with Crippen molar-refractivity contribution >= 4 is 0 Å². The summed E-state index contributed by atoms with van der Waals surface area (Å²) in [5.41, 5.74) is -6.07. The van der Waals surface area contributed by atoms with Crippen LogP contribution < -0.4 is 4.74 Å². The molecule has 0 saturated carbocycles. The molecule has 0 aliphatic carbocycles. The molecular weight excluding hydrogens is 577 g/mol. The van der Waals surface area contributed by atoms with Crippen LogP contribution in [0.5, 0.6) is 5.75 Å². The molecule has 222 valence electrons. The predicted octanol–water partition coefficient (Wildman–Crippen LogP) is 9.60. The molecule has 1 heterocycles. The molecule has 2 unspecified atom stereocenters. The van der Waals surface area contributed by atoms with E-state index in [4.69, 9.17) is 4.74 Å². The molecule has 41 heavy (non-hydrogen) atoms. The smallest absolute Gasteiger partial charge is 0.429 e. The first-order valence-electron chi connectivity index (χ1n) is 12.4. The van der Waals surface area contributed by atoms with E-state index in [9.17, 15) is 48.3 Å². The van der Waals surface area contributed by atoms with Gasteiger partial charge in [-0.2, -0.15) is 22.0 Å². The van der Waals surface area contributed by atoms with E-state index in [1.54, 1.807) is 0 Å². The van der Waals surface area contributed by atoms with Gasteiger partial charge in [-0.25, -0.2) is 26.3 Å². The fraction of sp³-hybridized carbons (Fsp3) is 0.357. The molecule has 0 spiro atoms. The van der Waals surface area contributed by atoms with Crippen molar-refractivity contribution in [2.75, 3.05) is 6.61 Å². The Morgan fingerprint density at radius 3 is 1.73 bits per heavy atom. The molecule has 1 fully saturated rings. The Hall–Kier alpha value is -3.35. The number of rotatable bonds is 7. The zero-order chi connectivity index (χ0) is 30.3. The topological polar surface area (TPSA) is 18.5 Å². The largest absolute Gasteiger partial charge is 0.432 e. The first kappa shape index (κ1) is 30.6. The Kier molecular flexibility index (Phi) is 8.58. The van der Waals surface area contributed by atoms with E-state index in [1.165, 1.54) is 0 Å². The molecule has 0 aromatic heterocycles. The first-order chi connectivity index (χ1) is 19.1. The van der Waals surface area contributed by atoms with Crippen LogP contribution in [0.1, 0.15) is 55.4 Å². The summed E-state index contributed by atoms with van der Waals surface area (Å²) in [6, 6.07) is 1.73. The third-order valence-electron chi connectivity index (χ3n) is 6.67. The van der Waals surface area contributed by atoms with Gasteiger partial charge in [0.05, 0.1) is 18.3 Å². The molecule has 0 radical (unpaired) electrons. The van der Waals surface area contributed by atoms with Crippen LogP contribution in [0.15, 0.2) is 36.4 Å². The van der Waals surface area contributed by atoms with Crippen molar-refractivity contribution in [1.82, 2.24) is 0 Å². The van der Waals surface area contributed by atoms with Gasteiger partial charge in [0.1, 0.15) is 51.8 Å². The zero-order valence-corrected chi connectivity index (χ0v) is 21.1. The molecule has 0 bridgehead atoms. The highest BCUT2D eigenvalue weighted by atomic mass is 19.4. The highest BCUT2D eigenvalue weighted by Crippen LogP contribution is 2.41. The van der Waals surface area contributed by atoms with Gasteiger partial charge in [0, 0.05) is 12.1 Å². The van der Waals surface area contributed by atoms with Crippen LogP contribution in [0.2, 0.25) is 0 Å². The molecule has 3 aromatic rings. The number of benzene rings is 3. The second-order valence-corrected chi connectivity index (χ2v) is 9.61. The van der Waals surface area contributed by atoms with Crippen molar-refractivity contribution < 1.29 is 57.8 Å². The Bertz CT molecular complexity index is 1360. The molecule has 13 heteroatoms. The number of alkyl halides is 5. The van der Waals surface area contributed by atoms with Crippen molar-refractivity contribution in [1.29, 1.82) is 0 Å². The van der Waals surface area contributed by atoms with Gasteiger partial charge >= 0.3 is 12.3 Å². The summed E-state index contributed by atoms with van der Waals surface area (Å²) in [4.78, 5) is 0. The molecule has 2 atom stereocenters. The van der Waals surface area contributed by atoms with Gasteiger partial charge in [-0.3, -0.25) is 0 Å². The van der Waals surface area contributed by atoms with Gasteiger partial charge in [-0.1, -0.05) is 13.3 Å². The maximum atomic E-state index is 15.0. The summed E-state index contributed by atoms with van der Waals surface area (Å²) in [6.07, 6.45) is -8.00. The highest BCUT2D eigenvalue weighted by Gasteiger charge is 2.43. The first-order valence-corrected chi connectivity index (χ1v) is 12.4. The van der Waals surface area contributed by atoms with Crippen LogP contribution in [-0.4, -0.2) is 6.61 Å². The maximum Gasteiger partial charge on any atom is 0.432 e. The molecule has 2 nitrogen and oxygen atoms in total. The molecule has 1 aliphatic rings. The van der Waals surface area contributed by atoms with E-state index in [0.717, 1.165) is 31.4 Å². The van der Waals surface area contributed by atoms with Crippen molar-refractivity contribution in [3.63, 3.8) is 0 Å². The Balaban J connectivity index is 1.61. The molecular formula is C28H21F11O2. The third kappa shape index (κ3) is 6.44. The lowest BCUT2D eigenvalue weighted by atomic mass is 9.91. The molecule has 0 N–H and O–H groups in total. The summed E-state index contributed by atoms with van der Waals surface area (Å²) >= 11 is 0. The average Bonchev–Trinajstić information content (AvgIpc) is 2.82. The Morgan fingerprint density at radius 2 is 1.27 bits per heavy atom. The van der Waals surface area contributed by atoms with Crippen LogP contribution in [0.4, 0.5) is 48.3 Å². The number of halogens is 11. The lowest BCUT2D eigenvalue weighted by Gasteiger charge is -2.29. The van der Waals surface area contributed by atoms with Gasteiger partial charge in [0.15, 0.2) is 0 Å². The minimum Gasteiger partial charge on any atom is -0.429 e. The standard InChI is InChI=1S/C28H21F11O2/c1-2-3-13-4-5-23(40-12-13)14-6-17(29)24(18(30)7-14)15-8-19(31)26(20(32)9-15)28(38,39)41-16-10-21(33)25(22(34)11-16)27(35,36)37/h6-11,13,23H,2-5,12H2,1H3. The second kappa shape index (κ2) is 11.5. The van der Waals surface area contributed by atoms with E-state index >= 15 is 0 Å². The second-order valence-electron chi connectivity index (χ2n) is 9.61. The summed E-state index contributed by atoms with van der Waals surface area (Å²) in [5, 5.41) is 0. The van der Waals surface area contributed by atoms with Gasteiger partial charge in [0.2, 0.25) is 0 Å². The molecule has 4 rings (SSSR count). The lowest BCUT2D eigenvalue weighted by molar-refractivity contribution is -0.189. The fourth-order valence-corrected chi connectivity index (χ4v) is 4.83. The monoisotopic (exact) mass is 598 g/mol. The molecule has 1 aliphatic heterocycles. The number of hydrogen-bond acceptors (Lipinski definition) is 2. The van der Waals surface area contributed by atoms with Crippen molar-refractivity contribution in [2.24, 2.45) is 5.92 Å². The predicted molar refractivity (Wildman–Crippen MR) is 124 cm³/mol. The Labute approximate surface area is 226 Å². The van der Waals surface area contributed by atoms with E-state index in [-0.39, 0.29) is 29.8 Å². The Morgan fingerprint density at radius 1 is 0.732 bits per heavy atom. The minimum absolute atomic E-state index is 0.146. The summed E-state index contributed by atoms with van der Waals surface area (Å²) in [7, 11) is 0. The summed E-state index contributed by atoms with van der Waals surface area (Å²) in [5.74, 6) is -12.4. The molecule has 0 amide bonds. The SMILES string of the molecule is CCCC1CCC(c2cc(F)c(-c3cc(F)c(C(F)(F)Oc4cc(F)c(C(F)(F)F)c(F)c4)c(F)c3)c(F)c2)OC1. The van der Waals surface area contributed by atoms with Crippen LogP contribution in [0, 0.1) is 40.8 Å². The lowest BCUT2D eigenvalue weighted by Crippen LogP contribution is -2.25. The van der Waals surface area contributed by atoms with Crippen LogP contribution >= 0.6 is 0 Å². The van der Waals surface area contributed by atoms with E-state index in [0.29, 0.717) is 18.9 Å². The molecule has 1 saturated heterocycles. The molecule has 3 aromatic carbocycles. The van der Waals surface area contributed by atoms with Crippen LogP contribution in [-0.2, 0) is 17.0 Å². The highest BCUT2D eigenvalue weighted by molar-refractivity contribution is 5.66. The van der Waals surface area contributed by atoms with Gasteiger partial charge in [-0.05, 0) is 60.6 Å². The minimum atomic E-state index is -5.51. The van der Waals surface area contributed by atoms with Crippen molar-refractivity contribution in [2.45, 2.75) is 51.0 Å². The van der Waals surface area contributed by atoms with Gasteiger partial charge in [-0.15, -0.1) is 0 Å². The van der Waals surface area contributed by atoms with Gasteiger partial charge in [0.25, 0.3) is 0 Å². The average molecular weight is 598 g/mol. The fourth-order valence-electron chi connectivity index (χ4n) is 4.83. The third-order valence-corrected chi connectivity index (χ3v) is 6.67. The van der Waals surface area contributed by atoms with E-state index < -0.39 is 81.3 Å². The number of ether oxygens (including phenoxy) is 2. The maximum absolute atomic E-state index is 15.0. The normalized spacial score (nSPS) is 18.0. The van der Waals surface area contributed by atoms with Crippen molar-refractivity contribution in [3.05, 3.63) is 88.0 Å². The quantitative estimate of drug-likeness (QED) is 0.252. The van der Waals surface area contributed by atoms with E-state index in [1.807, 2.05) is 6.92 Å². The van der Waals surface area contributed by atoms with Crippen LogP contribution in [0.25, 0.3) is 11.1 Å². The zero-order valence-electron chi connectivity index (χ0n) is 21.1. The summed E-state index contributed by atoms with van der Waals surface area (Å²) in [6.45, 7) is 2.41. The van der Waals surface area contributed by atoms with Crippen LogP contribution in [0.3, 0.4) is 0 Å². The van der Waals surface area contributed by atoms with Crippen molar-refractivity contribution in [3.8, 4) is 16.9 Å².